The van der Waals surface area contributed by atoms with E-state index < -0.39 is 35.9 Å². The van der Waals surface area contributed by atoms with E-state index in [1.165, 1.54) is 18.3 Å². The van der Waals surface area contributed by atoms with Gasteiger partial charge in [-0.15, -0.1) is 11.3 Å². The first-order valence-corrected chi connectivity index (χ1v) is 15.2. The molecule has 0 aliphatic heterocycles. The van der Waals surface area contributed by atoms with Crippen LogP contribution in [0.2, 0.25) is 0 Å². The Hall–Kier alpha value is -3.27. The van der Waals surface area contributed by atoms with Crippen LogP contribution in [0.25, 0.3) is 0 Å². The average molecular weight is 588 g/mol. The van der Waals surface area contributed by atoms with Gasteiger partial charge in [0.05, 0.1) is 5.92 Å². The monoisotopic (exact) mass is 587 g/mol. The number of nitrogens with zero attached hydrogens (tertiary/aromatic N) is 2. The number of carbonyl (C=O) groups is 4. The number of aliphatic carboxylic acids is 1. The Morgan fingerprint density at radius 1 is 1.07 bits per heavy atom. The Balaban J connectivity index is 2.24. The Labute approximate surface area is 247 Å². The van der Waals surface area contributed by atoms with Gasteiger partial charge >= 0.3 is 11.9 Å². The number of hydrogen-bond acceptors (Lipinski definition) is 7. The first kappa shape index (κ1) is 33.9. The van der Waals surface area contributed by atoms with E-state index in [1.807, 2.05) is 51.1 Å². The van der Waals surface area contributed by atoms with Gasteiger partial charge in [0, 0.05) is 44.3 Å². The van der Waals surface area contributed by atoms with Crippen molar-refractivity contribution in [2.45, 2.75) is 91.8 Å². The Kier molecular flexibility index (Phi) is 13.4. The standard InChI is InChI=1S/C31H45N3O6S/c1-8-20(4)14-28(36)34(7)26(19(2)3)17-27(40-22(6)35)30-33-25(18-41-30)29(37)32-24(15-21(5)31(38)39)16-23-12-10-9-11-13-23/h9-13,18-21,24,26-27H,8,14-17H2,1-7H3,(H,32,37)(H,38,39)/t20-,21?,24+,26+,27+/m0/s1. The molecular weight excluding hydrogens is 542 g/mol. The predicted molar refractivity (Wildman–Crippen MR) is 160 cm³/mol. The highest BCUT2D eigenvalue weighted by molar-refractivity contribution is 7.09. The van der Waals surface area contributed by atoms with Crippen molar-refractivity contribution in [2.75, 3.05) is 7.05 Å². The van der Waals surface area contributed by atoms with Crippen LogP contribution in [0.15, 0.2) is 35.7 Å². The summed E-state index contributed by atoms with van der Waals surface area (Å²) in [6.45, 7) is 11.1. The van der Waals surface area contributed by atoms with Gasteiger partial charge in [-0.2, -0.15) is 0 Å². The molecule has 10 heteroatoms. The van der Waals surface area contributed by atoms with Crippen LogP contribution in [0, 0.1) is 17.8 Å². The number of amides is 2. The van der Waals surface area contributed by atoms with Crippen molar-refractivity contribution in [3.05, 3.63) is 52.0 Å². The highest BCUT2D eigenvalue weighted by Gasteiger charge is 2.31. The van der Waals surface area contributed by atoms with Crippen molar-refractivity contribution in [3.8, 4) is 0 Å². The molecule has 226 valence electrons. The van der Waals surface area contributed by atoms with E-state index in [1.54, 1.807) is 24.3 Å². The number of aromatic nitrogens is 1. The summed E-state index contributed by atoms with van der Waals surface area (Å²) in [6.07, 6.45) is 1.72. The predicted octanol–water partition coefficient (Wildman–Crippen LogP) is 5.51. The van der Waals surface area contributed by atoms with E-state index in [2.05, 4.69) is 17.2 Å². The molecule has 0 saturated heterocycles. The third-order valence-corrected chi connectivity index (χ3v) is 8.33. The maximum absolute atomic E-state index is 13.2. The average Bonchev–Trinajstić information content (AvgIpc) is 3.41. The molecule has 0 radical (unpaired) electrons. The maximum atomic E-state index is 13.2. The van der Waals surface area contributed by atoms with Crippen LogP contribution < -0.4 is 5.32 Å². The number of rotatable bonds is 16. The number of benzene rings is 1. The van der Waals surface area contributed by atoms with Crippen LogP contribution in [0.4, 0.5) is 0 Å². The molecule has 0 fully saturated rings. The zero-order chi connectivity index (χ0) is 30.7. The molecule has 1 heterocycles. The fourth-order valence-corrected chi connectivity index (χ4v) is 5.53. The molecule has 0 bridgehead atoms. The van der Waals surface area contributed by atoms with Gasteiger partial charge in [0.2, 0.25) is 5.91 Å². The topological polar surface area (TPSA) is 126 Å². The fourth-order valence-electron chi connectivity index (χ4n) is 4.69. The first-order chi connectivity index (χ1) is 19.3. The molecule has 41 heavy (non-hydrogen) atoms. The molecule has 0 spiro atoms. The van der Waals surface area contributed by atoms with Gasteiger partial charge < -0.3 is 20.1 Å². The van der Waals surface area contributed by atoms with Crippen LogP contribution in [0.3, 0.4) is 0 Å². The first-order valence-electron chi connectivity index (χ1n) is 14.3. The van der Waals surface area contributed by atoms with E-state index in [4.69, 9.17) is 4.74 Å². The zero-order valence-corrected chi connectivity index (χ0v) is 26.1. The second-order valence-corrected chi connectivity index (χ2v) is 12.2. The molecule has 1 aromatic carbocycles. The minimum atomic E-state index is -0.926. The molecule has 2 aromatic rings. The molecule has 0 aliphatic rings. The number of hydrogen-bond donors (Lipinski definition) is 2. The quantitative estimate of drug-likeness (QED) is 0.248. The van der Waals surface area contributed by atoms with E-state index in [9.17, 15) is 24.3 Å². The largest absolute Gasteiger partial charge is 0.481 e. The zero-order valence-electron chi connectivity index (χ0n) is 25.3. The molecule has 0 aliphatic carbocycles. The molecule has 2 N–H and O–H groups in total. The second kappa shape index (κ2) is 16.2. The summed E-state index contributed by atoms with van der Waals surface area (Å²) in [7, 11) is 1.78. The number of ether oxygens (including phenoxy) is 1. The third-order valence-electron chi connectivity index (χ3n) is 7.39. The number of nitrogens with one attached hydrogen (secondary N) is 1. The number of esters is 1. The third kappa shape index (κ3) is 10.9. The molecule has 5 atom stereocenters. The SMILES string of the molecule is CC[C@H](C)CC(=O)N(C)[C@H](C[C@@H](OC(C)=O)c1nc(C(=O)N[C@@H](Cc2ccccc2)CC(C)C(=O)O)cs1)C(C)C. The van der Waals surface area contributed by atoms with Crippen LogP contribution in [-0.2, 0) is 25.5 Å². The van der Waals surface area contributed by atoms with E-state index in [0.29, 0.717) is 24.3 Å². The molecule has 2 rings (SSSR count). The molecule has 2 amide bonds. The second-order valence-electron chi connectivity index (χ2n) is 11.3. The highest BCUT2D eigenvalue weighted by atomic mass is 32.1. The lowest BCUT2D eigenvalue weighted by Gasteiger charge is -2.34. The fraction of sp³-hybridized carbons (Fsp3) is 0.581. The van der Waals surface area contributed by atoms with Crippen molar-refractivity contribution < 1.29 is 29.0 Å². The molecule has 1 unspecified atom stereocenters. The number of carbonyl (C=O) groups excluding carboxylic acids is 3. The summed E-state index contributed by atoms with van der Waals surface area (Å²) in [4.78, 5) is 56.0. The van der Waals surface area contributed by atoms with Gasteiger partial charge in [0.25, 0.3) is 5.91 Å². The van der Waals surface area contributed by atoms with Gasteiger partial charge in [-0.3, -0.25) is 19.2 Å². The van der Waals surface area contributed by atoms with Crippen molar-refractivity contribution in [1.29, 1.82) is 0 Å². The van der Waals surface area contributed by atoms with Gasteiger partial charge in [-0.25, -0.2) is 4.98 Å². The smallest absolute Gasteiger partial charge is 0.306 e. The van der Waals surface area contributed by atoms with Crippen LogP contribution in [-0.4, -0.2) is 57.9 Å². The summed E-state index contributed by atoms with van der Waals surface area (Å²) in [5.74, 6) is -2.06. The summed E-state index contributed by atoms with van der Waals surface area (Å²) in [5.41, 5.74) is 1.15. The number of thiazole rings is 1. The van der Waals surface area contributed by atoms with Crippen molar-refractivity contribution in [1.82, 2.24) is 15.2 Å². The highest BCUT2D eigenvalue weighted by Crippen LogP contribution is 2.31. The summed E-state index contributed by atoms with van der Waals surface area (Å²) < 4.78 is 5.66. The number of carboxylic acids is 1. The van der Waals surface area contributed by atoms with Crippen molar-refractivity contribution >= 4 is 35.1 Å². The Bertz CT molecular complexity index is 1150. The summed E-state index contributed by atoms with van der Waals surface area (Å²) in [6, 6.07) is 8.95. The van der Waals surface area contributed by atoms with Crippen molar-refractivity contribution in [2.24, 2.45) is 17.8 Å². The minimum absolute atomic E-state index is 0.0406. The maximum Gasteiger partial charge on any atom is 0.306 e. The minimum Gasteiger partial charge on any atom is -0.481 e. The Morgan fingerprint density at radius 3 is 2.29 bits per heavy atom. The molecule has 1 aromatic heterocycles. The van der Waals surface area contributed by atoms with E-state index >= 15 is 0 Å². The van der Waals surface area contributed by atoms with Gasteiger partial charge in [0.1, 0.15) is 10.7 Å². The van der Waals surface area contributed by atoms with E-state index in [-0.39, 0.29) is 35.9 Å². The van der Waals surface area contributed by atoms with Gasteiger partial charge in [-0.05, 0) is 30.2 Å². The van der Waals surface area contributed by atoms with Crippen molar-refractivity contribution in [3.63, 3.8) is 0 Å². The lowest BCUT2D eigenvalue weighted by Crippen LogP contribution is -2.42. The molecular formula is C31H45N3O6S. The Morgan fingerprint density at radius 2 is 1.73 bits per heavy atom. The normalized spacial score (nSPS) is 14.9. The van der Waals surface area contributed by atoms with Crippen LogP contribution in [0.5, 0.6) is 0 Å². The molecule has 9 nitrogen and oxygen atoms in total. The van der Waals surface area contributed by atoms with Crippen LogP contribution >= 0.6 is 11.3 Å². The lowest BCUT2D eigenvalue weighted by molar-refractivity contribution is -0.148. The van der Waals surface area contributed by atoms with Crippen LogP contribution in [0.1, 0.15) is 94.4 Å². The number of carboxylic acid groups (broad SMARTS) is 1. The molecule has 0 saturated carbocycles. The van der Waals surface area contributed by atoms with Gasteiger partial charge in [-0.1, -0.05) is 71.4 Å². The summed E-state index contributed by atoms with van der Waals surface area (Å²) >= 11 is 1.22. The van der Waals surface area contributed by atoms with E-state index in [0.717, 1.165) is 12.0 Å². The summed E-state index contributed by atoms with van der Waals surface area (Å²) in [5, 5.41) is 14.5. The van der Waals surface area contributed by atoms with Gasteiger partial charge in [0.15, 0.2) is 6.10 Å². The lowest BCUT2D eigenvalue weighted by atomic mass is 9.95.